The largest absolute Gasteiger partial charge is 0.457 e. The summed E-state index contributed by atoms with van der Waals surface area (Å²) in [6, 6.07) is 14.7. The number of para-hydroxylation sites is 1. The van der Waals surface area contributed by atoms with Crippen LogP contribution < -0.4 is 0 Å². The van der Waals surface area contributed by atoms with Crippen molar-refractivity contribution in [1.82, 2.24) is 5.16 Å². The summed E-state index contributed by atoms with van der Waals surface area (Å²) in [5.41, 5.74) is 2.86. The molecule has 1 aromatic heterocycles. The van der Waals surface area contributed by atoms with Gasteiger partial charge in [0.05, 0.1) is 6.42 Å². The molecular weight excluding hydrogens is 318 g/mol. The van der Waals surface area contributed by atoms with Gasteiger partial charge in [-0.25, -0.2) is 0 Å². The standard InChI is InChI=1S/C20H19NO4/c1-2-5-14-8-10-15(11-9-14)18(22)13-24-20(23)12-17-16-6-3-4-7-19(16)25-21-17/h3-4,6-11H,2,5,12-13H2,1H3. The van der Waals surface area contributed by atoms with Gasteiger partial charge in [0, 0.05) is 10.9 Å². The molecule has 0 spiro atoms. The Morgan fingerprint density at radius 1 is 1.08 bits per heavy atom. The molecule has 3 aromatic rings. The maximum absolute atomic E-state index is 12.1. The van der Waals surface area contributed by atoms with Crippen molar-refractivity contribution in [3.05, 3.63) is 65.4 Å². The van der Waals surface area contributed by atoms with E-state index in [2.05, 4.69) is 12.1 Å². The van der Waals surface area contributed by atoms with E-state index >= 15 is 0 Å². The number of Topliss-reactive ketones (excluding diaryl/α,β-unsaturated/α-hetero) is 1. The second-order valence-electron chi connectivity index (χ2n) is 5.83. The number of carbonyl (C=O) groups is 2. The van der Waals surface area contributed by atoms with Crippen LogP contribution in [-0.2, 0) is 22.4 Å². The van der Waals surface area contributed by atoms with Gasteiger partial charge in [-0.3, -0.25) is 9.59 Å². The molecule has 0 fully saturated rings. The van der Waals surface area contributed by atoms with Crippen molar-refractivity contribution in [2.24, 2.45) is 0 Å². The summed E-state index contributed by atoms with van der Waals surface area (Å²) in [5.74, 6) is -0.726. The highest BCUT2D eigenvalue weighted by atomic mass is 16.5. The lowest BCUT2D eigenvalue weighted by Gasteiger charge is -2.05. The molecule has 0 saturated heterocycles. The number of carbonyl (C=O) groups excluding carboxylic acids is 2. The van der Waals surface area contributed by atoms with Crippen LogP contribution in [0.1, 0.15) is 35.0 Å². The van der Waals surface area contributed by atoms with Crippen LogP contribution in [0.15, 0.2) is 53.1 Å². The highest BCUT2D eigenvalue weighted by molar-refractivity contribution is 5.98. The molecule has 1 heterocycles. The van der Waals surface area contributed by atoms with Gasteiger partial charge in [0.2, 0.25) is 0 Å². The van der Waals surface area contributed by atoms with Gasteiger partial charge < -0.3 is 9.26 Å². The van der Waals surface area contributed by atoms with E-state index in [9.17, 15) is 9.59 Å². The zero-order valence-electron chi connectivity index (χ0n) is 14.0. The first-order valence-corrected chi connectivity index (χ1v) is 8.28. The first-order valence-electron chi connectivity index (χ1n) is 8.28. The van der Waals surface area contributed by atoms with Gasteiger partial charge in [0.1, 0.15) is 5.69 Å². The van der Waals surface area contributed by atoms with Crippen molar-refractivity contribution in [2.45, 2.75) is 26.2 Å². The smallest absolute Gasteiger partial charge is 0.312 e. The Morgan fingerprint density at radius 2 is 1.84 bits per heavy atom. The minimum atomic E-state index is -0.505. The van der Waals surface area contributed by atoms with Gasteiger partial charge in [0.15, 0.2) is 18.0 Å². The second kappa shape index (κ2) is 7.75. The fraction of sp³-hybridized carbons (Fsp3) is 0.250. The van der Waals surface area contributed by atoms with Gasteiger partial charge in [-0.2, -0.15) is 0 Å². The quantitative estimate of drug-likeness (QED) is 0.485. The van der Waals surface area contributed by atoms with Crippen LogP contribution in [0.25, 0.3) is 11.0 Å². The van der Waals surface area contributed by atoms with Crippen LogP contribution in [-0.4, -0.2) is 23.5 Å². The lowest BCUT2D eigenvalue weighted by Crippen LogP contribution is -2.16. The molecule has 3 rings (SSSR count). The first kappa shape index (κ1) is 16.9. The second-order valence-corrected chi connectivity index (χ2v) is 5.83. The zero-order valence-corrected chi connectivity index (χ0v) is 14.0. The summed E-state index contributed by atoms with van der Waals surface area (Å²) < 4.78 is 10.2. The Hall–Kier alpha value is -2.95. The summed E-state index contributed by atoms with van der Waals surface area (Å²) in [6.45, 7) is 1.83. The van der Waals surface area contributed by atoms with E-state index in [0.717, 1.165) is 18.2 Å². The predicted octanol–water partition coefficient (Wildman–Crippen LogP) is 3.75. The molecule has 0 radical (unpaired) electrons. The molecule has 0 aliphatic rings. The van der Waals surface area contributed by atoms with E-state index in [1.165, 1.54) is 5.56 Å². The molecule has 0 atom stereocenters. The monoisotopic (exact) mass is 337 g/mol. The molecule has 0 unspecified atom stereocenters. The summed E-state index contributed by atoms with van der Waals surface area (Å²) >= 11 is 0. The number of hydrogen-bond donors (Lipinski definition) is 0. The van der Waals surface area contributed by atoms with Crippen molar-refractivity contribution >= 4 is 22.7 Å². The fourth-order valence-corrected chi connectivity index (χ4v) is 2.63. The minimum Gasteiger partial charge on any atom is -0.457 e. The van der Waals surface area contributed by atoms with E-state index < -0.39 is 5.97 Å². The zero-order chi connectivity index (χ0) is 17.6. The van der Waals surface area contributed by atoms with Crippen molar-refractivity contribution < 1.29 is 18.8 Å². The molecule has 0 N–H and O–H groups in total. The number of fused-ring (bicyclic) bond motifs is 1. The van der Waals surface area contributed by atoms with Crippen LogP contribution in [0.4, 0.5) is 0 Å². The Labute approximate surface area is 145 Å². The molecule has 0 bridgehead atoms. The number of rotatable bonds is 7. The number of esters is 1. The molecule has 0 amide bonds. The van der Waals surface area contributed by atoms with E-state index in [1.54, 1.807) is 18.2 Å². The lowest BCUT2D eigenvalue weighted by atomic mass is 10.1. The third kappa shape index (κ3) is 4.12. The number of ether oxygens (including phenoxy) is 1. The van der Waals surface area contributed by atoms with E-state index in [4.69, 9.17) is 9.26 Å². The van der Waals surface area contributed by atoms with Crippen LogP contribution in [0, 0.1) is 0 Å². The van der Waals surface area contributed by atoms with E-state index in [1.807, 2.05) is 30.3 Å². The first-order chi connectivity index (χ1) is 12.2. The number of ketones is 1. The third-order valence-electron chi connectivity index (χ3n) is 3.94. The SMILES string of the molecule is CCCc1ccc(C(=O)COC(=O)Cc2noc3ccccc23)cc1. The maximum Gasteiger partial charge on any atom is 0.312 e. The highest BCUT2D eigenvalue weighted by Crippen LogP contribution is 2.18. The van der Waals surface area contributed by atoms with Crippen molar-refractivity contribution in [1.29, 1.82) is 0 Å². The average Bonchev–Trinajstić information content (AvgIpc) is 3.04. The summed E-state index contributed by atoms with van der Waals surface area (Å²) in [5, 5.41) is 4.66. The molecule has 5 nitrogen and oxygen atoms in total. The third-order valence-corrected chi connectivity index (χ3v) is 3.94. The number of aromatic nitrogens is 1. The molecule has 0 aliphatic carbocycles. The molecule has 2 aromatic carbocycles. The van der Waals surface area contributed by atoms with E-state index in [0.29, 0.717) is 16.8 Å². The number of hydrogen-bond acceptors (Lipinski definition) is 5. The molecule has 0 saturated carbocycles. The summed E-state index contributed by atoms with van der Waals surface area (Å²) in [6.07, 6.45) is 2.01. The van der Waals surface area contributed by atoms with Crippen molar-refractivity contribution in [3.63, 3.8) is 0 Å². The van der Waals surface area contributed by atoms with Crippen LogP contribution in [0.3, 0.4) is 0 Å². The van der Waals surface area contributed by atoms with Gasteiger partial charge in [0.25, 0.3) is 0 Å². The normalized spacial score (nSPS) is 10.8. The molecule has 128 valence electrons. The number of benzene rings is 2. The highest BCUT2D eigenvalue weighted by Gasteiger charge is 2.15. The van der Waals surface area contributed by atoms with E-state index in [-0.39, 0.29) is 18.8 Å². The summed E-state index contributed by atoms with van der Waals surface area (Å²) in [4.78, 5) is 24.1. The minimum absolute atomic E-state index is 0.0280. The Balaban J connectivity index is 1.55. The molecule has 5 heteroatoms. The van der Waals surface area contributed by atoms with Crippen molar-refractivity contribution in [2.75, 3.05) is 6.61 Å². The van der Waals surface area contributed by atoms with Crippen LogP contribution in [0.5, 0.6) is 0 Å². The van der Waals surface area contributed by atoms with Crippen molar-refractivity contribution in [3.8, 4) is 0 Å². The number of nitrogens with zero attached hydrogens (tertiary/aromatic N) is 1. The van der Waals surface area contributed by atoms with Gasteiger partial charge in [-0.05, 0) is 24.1 Å². The Kier molecular flexibility index (Phi) is 5.23. The Bertz CT molecular complexity index is 880. The lowest BCUT2D eigenvalue weighted by molar-refractivity contribution is -0.141. The summed E-state index contributed by atoms with van der Waals surface area (Å²) in [7, 11) is 0. The number of aryl methyl sites for hydroxylation is 1. The van der Waals surface area contributed by atoms with Gasteiger partial charge in [-0.15, -0.1) is 0 Å². The fourth-order valence-electron chi connectivity index (χ4n) is 2.63. The average molecular weight is 337 g/mol. The molecule has 0 aliphatic heterocycles. The van der Waals surface area contributed by atoms with Gasteiger partial charge in [-0.1, -0.05) is 54.9 Å². The van der Waals surface area contributed by atoms with Gasteiger partial charge >= 0.3 is 5.97 Å². The predicted molar refractivity (Wildman–Crippen MR) is 93.4 cm³/mol. The van der Waals surface area contributed by atoms with Crippen LogP contribution in [0.2, 0.25) is 0 Å². The molecule has 25 heavy (non-hydrogen) atoms. The van der Waals surface area contributed by atoms with Crippen LogP contribution >= 0.6 is 0 Å². The molecular formula is C20H19NO4. The maximum atomic E-state index is 12.1. The Morgan fingerprint density at radius 3 is 2.60 bits per heavy atom. The topological polar surface area (TPSA) is 69.4 Å².